The van der Waals surface area contributed by atoms with E-state index in [4.69, 9.17) is 0 Å². The molecule has 0 fully saturated rings. The summed E-state index contributed by atoms with van der Waals surface area (Å²) < 4.78 is 68.9. The van der Waals surface area contributed by atoms with Gasteiger partial charge in [-0.3, -0.25) is 0 Å². The molecule has 2 unspecified atom stereocenters. The van der Waals surface area contributed by atoms with Crippen LogP contribution in [0.25, 0.3) is 0 Å². The Kier molecular flexibility index (Phi) is 3.19. The van der Waals surface area contributed by atoms with E-state index in [1.54, 1.807) is 0 Å². The fourth-order valence-corrected chi connectivity index (χ4v) is 0.426. The van der Waals surface area contributed by atoms with E-state index in [1.165, 1.54) is 0 Å². The number of halogens is 6. The van der Waals surface area contributed by atoms with Crippen molar-refractivity contribution >= 4 is 0 Å². The second kappa shape index (κ2) is 3.32. The zero-order chi connectivity index (χ0) is 9.23. The summed E-state index contributed by atoms with van der Waals surface area (Å²) in [5, 5.41) is 0. The summed E-state index contributed by atoms with van der Waals surface area (Å²) >= 11 is 0. The fourth-order valence-electron chi connectivity index (χ4n) is 0.426. The van der Waals surface area contributed by atoms with E-state index in [2.05, 4.69) is 0 Å². The van der Waals surface area contributed by atoms with Gasteiger partial charge in [0.15, 0.2) is 0 Å². The molecular formula is C5H6F6. The van der Waals surface area contributed by atoms with Gasteiger partial charge in [0.25, 0.3) is 0 Å². The summed E-state index contributed by atoms with van der Waals surface area (Å²) in [4.78, 5) is 0. The van der Waals surface area contributed by atoms with Crippen molar-refractivity contribution in [3.05, 3.63) is 0 Å². The molecule has 2 atom stereocenters. The first kappa shape index (κ1) is 10.6. The van der Waals surface area contributed by atoms with Crippen LogP contribution in [0.15, 0.2) is 0 Å². The van der Waals surface area contributed by atoms with Gasteiger partial charge in [0.2, 0.25) is 12.6 Å². The third-order valence-corrected chi connectivity index (χ3v) is 1.17. The summed E-state index contributed by atoms with van der Waals surface area (Å²) in [5.74, 6) is -2.30. The van der Waals surface area contributed by atoms with Gasteiger partial charge in [-0.05, 0) is 0 Å². The molecule has 0 aromatic heterocycles. The molecule has 68 valence electrons. The molecule has 0 aromatic rings. The largest absolute Gasteiger partial charge is 0.420 e. The number of alkyl halides is 6. The van der Waals surface area contributed by atoms with Gasteiger partial charge in [0, 0.05) is 0 Å². The van der Waals surface area contributed by atoms with Gasteiger partial charge < -0.3 is 0 Å². The summed E-state index contributed by atoms with van der Waals surface area (Å²) in [5.41, 5.74) is 0. The predicted octanol–water partition coefficient (Wildman–Crippen LogP) is 2.79. The second-order valence-electron chi connectivity index (χ2n) is 2.14. The van der Waals surface area contributed by atoms with Gasteiger partial charge in [-0.15, -0.1) is 0 Å². The number of hydrogen-bond acceptors (Lipinski definition) is 0. The molecule has 0 amide bonds. The molecule has 0 heterocycles. The van der Waals surface area contributed by atoms with Crippen molar-refractivity contribution in [3.63, 3.8) is 0 Å². The van der Waals surface area contributed by atoms with E-state index in [1.807, 2.05) is 0 Å². The lowest BCUT2D eigenvalue weighted by Crippen LogP contribution is -2.34. The molecular weight excluding hydrogens is 174 g/mol. The maximum absolute atomic E-state index is 11.9. The summed E-state index contributed by atoms with van der Waals surface area (Å²) in [6, 6.07) is 0. The smallest absolute Gasteiger partial charge is 0.237 e. The molecule has 0 aliphatic carbocycles. The van der Waals surface area contributed by atoms with E-state index in [-0.39, 0.29) is 0 Å². The zero-order valence-corrected chi connectivity index (χ0v) is 5.50. The molecule has 0 saturated carbocycles. The van der Waals surface area contributed by atoms with Crippen molar-refractivity contribution in [2.24, 2.45) is 5.92 Å². The van der Waals surface area contributed by atoms with Crippen molar-refractivity contribution in [1.29, 1.82) is 0 Å². The van der Waals surface area contributed by atoms with Gasteiger partial charge in [0.05, 0.1) is 5.92 Å². The quantitative estimate of drug-likeness (QED) is 0.573. The molecule has 0 aliphatic rings. The molecule has 6 heteroatoms. The Balaban J connectivity index is 4.13. The van der Waals surface area contributed by atoms with E-state index in [0.29, 0.717) is 6.92 Å². The Morgan fingerprint density at radius 3 is 1.45 bits per heavy atom. The lowest BCUT2D eigenvalue weighted by Gasteiger charge is -2.17. The Bertz CT molecular complexity index is 117. The average molecular weight is 180 g/mol. The second-order valence-corrected chi connectivity index (χ2v) is 2.14. The molecule has 0 rings (SSSR count). The molecule has 0 bridgehead atoms. The first-order valence-electron chi connectivity index (χ1n) is 2.75. The van der Waals surface area contributed by atoms with Crippen molar-refractivity contribution in [2.75, 3.05) is 0 Å². The van der Waals surface area contributed by atoms with E-state index in [9.17, 15) is 26.3 Å². The highest BCUT2D eigenvalue weighted by Gasteiger charge is 2.46. The number of hydrogen-bond donors (Lipinski definition) is 0. The van der Waals surface area contributed by atoms with E-state index >= 15 is 0 Å². The van der Waals surface area contributed by atoms with Crippen LogP contribution in [0.3, 0.4) is 0 Å². The lowest BCUT2D eigenvalue weighted by molar-refractivity contribution is -0.204. The minimum atomic E-state index is -5.18. The van der Waals surface area contributed by atoms with E-state index in [0.717, 1.165) is 0 Å². The van der Waals surface area contributed by atoms with Crippen LogP contribution in [-0.2, 0) is 0 Å². The van der Waals surface area contributed by atoms with Crippen LogP contribution >= 0.6 is 0 Å². The van der Waals surface area contributed by atoms with Gasteiger partial charge in [-0.2, -0.15) is 13.2 Å². The monoisotopic (exact) mass is 180 g/mol. The Labute approximate surface area is 59.2 Å². The summed E-state index contributed by atoms with van der Waals surface area (Å²) in [6.07, 6.45) is -11.9. The lowest BCUT2D eigenvalue weighted by atomic mass is 10.1. The van der Waals surface area contributed by atoms with Crippen LogP contribution < -0.4 is 0 Å². The topological polar surface area (TPSA) is 0 Å². The average Bonchev–Trinajstić information content (AvgIpc) is 1.82. The van der Waals surface area contributed by atoms with Crippen molar-refractivity contribution in [2.45, 2.75) is 25.7 Å². The Morgan fingerprint density at radius 2 is 1.36 bits per heavy atom. The third-order valence-electron chi connectivity index (χ3n) is 1.17. The highest BCUT2D eigenvalue weighted by molar-refractivity contribution is 4.73. The van der Waals surface area contributed by atoms with Gasteiger partial charge in [-0.1, -0.05) is 6.92 Å². The van der Waals surface area contributed by atoms with Crippen molar-refractivity contribution in [1.82, 2.24) is 0 Å². The van der Waals surface area contributed by atoms with Crippen LogP contribution in [-0.4, -0.2) is 18.8 Å². The fraction of sp³-hybridized carbons (Fsp3) is 1.00. The van der Waals surface area contributed by atoms with Gasteiger partial charge >= 0.3 is 6.18 Å². The van der Waals surface area contributed by atoms with Crippen LogP contribution in [0, 0.1) is 5.92 Å². The standard InChI is InChI=1S/C5H6F6/c1-2(4(7)8)3(6)5(9,10)11/h2-4H,1H3. The molecule has 0 nitrogen and oxygen atoms in total. The molecule has 0 N–H and O–H groups in total. The first-order chi connectivity index (χ1) is 4.76. The molecule has 0 radical (unpaired) electrons. The Morgan fingerprint density at radius 1 is 1.00 bits per heavy atom. The highest BCUT2D eigenvalue weighted by Crippen LogP contribution is 2.31. The minimum absolute atomic E-state index is 0.517. The van der Waals surface area contributed by atoms with Crippen LogP contribution in [0.5, 0.6) is 0 Å². The maximum atomic E-state index is 11.9. The van der Waals surface area contributed by atoms with Crippen molar-refractivity contribution in [3.8, 4) is 0 Å². The molecule has 0 aliphatic heterocycles. The zero-order valence-electron chi connectivity index (χ0n) is 5.50. The highest BCUT2D eigenvalue weighted by atomic mass is 19.4. The summed E-state index contributed by atoms with van der Waals surface area (Å²) in [6.45, 7) is 0.517. The molecule has 0 saturated heterocycles. The van der Waals surface area contributed by atoms with E-state index < -0.39 is 24.7 Å². The van der Waals surface area contributed by atoms with Crippen LogP contribution in [0.4, 0.5) is 26.3 Å². The van der Waals surface area contributed by atoms with Crippen LogP contribution in [0.2, 0.25) is 0 Å². The first-order valence-corrected chi connectivity index (χ1v) is 2.75. The van der Waals surface area contributed by atoms with Gasteiger partial charge in [0.1, 0.15) is 0 Å². The maximum Gasteiger partial charge on any atom is 0.420 e. The summed E-state index contributed by atoms with van der Waals surface area (Å²) in [7, 11) is 0. The number of rotatable bonds is 2. The Hall–Kier alpha value is -0.420. The normalized spacial score (nSPS) is 18.5. The van der Waals surface area contributed by atoms with Crippen LogP contribution in [0.1, 0.15) is 6.92 Å². The minimum Gasteiger partial charge on any atom is -0.237 e. The molecule has 0 spiro atoms. The third kappa shape index (κ3) is 2.98. The van der Waals surface area contributed by atoms with Crippen molar-refractivity contribution < 1.29 is 26.3 Å². The van der Waals surface area contributed by atoms with Gasteiger partial charge in [-0.25, -0.2) is 13.2 Å². The SMILES string of the molecule is CC(C(F)F)C(F)C(F)(F)F. The molecule has 0 aromatic carbocycles. The predicted molar refractivity (Wildman–Crippen MR) is 26.1 cm³/mol. The molecule has 11 heavy (non-hydrogen) atoms.